The Hall–Kier alpha value is -2.27. The smallest absolute Gasteiger partial charge is 0.224 e. The Balaban J connectivity index is 0.00000220. The van der Waals surface area contributed by atoms with Gasteiger partial charge in [0.05, 0.1) is 5.56 Å². The van der Waals surface area contributed by atoms with Gasteiger partial charge in [-0.25, -0.2) is 4.98 Å². The first-order valence-corrected chi connectivity index (χ1v) is 6.26. The summed E-state index contributed by atoms with van der Waals surface area (Å²) in [6.07, 6.45) is 1.62. The summed E-state index contributed by atoms with van der Waals surface area (Å²) in [5, 5.41) is 7.49. The fourth-order valence-corrected chi connectivity index (χ4v) is 1.75. The molecule has 0 aliphatic carbocycles. The average Bonchev–Trinajstić information content (AvgIpc) is 2.45. The fraction of sp³-hybridized carbons (Fsp3) is 0.200. The van der Waals surface area contributed by atoms with Crippen LogP contribution < -0.4 is 15.4 Å². The van der Waals surface area contributed by atoms with Crippen LogP contribution in [0.5, 0.6) is 5.88 Å². The largest absolute Gasteiger partial charge is 0.472 e. The molecule has 1 aromatic heterocycles. The molecule has 5 nitrogen and oxygen atoms in total. The first-order valence-electron chi connectivity index (χ1n) is 6.26. The molecule has 0 aliphatic rings. The average molecular weight is 307 g/mol. The Bertz CT molecular complexity index is 599. The van der Waals surface area contributed by atoms with Gasteiger partial charge in [0.25, 0.3) is 0 Å². The Labute approximate surface area is 130 Å². The van der Waals surface area contributed by atoms with E-state index in [1.807, 2.05) is 43.3 Å². The maximum Gasteiger partial charge on any atom is 0.224 e. The number of amidine groups is 1. The predicted octanol–water partition coefficient (Wildman–Crippen LogP) is 2.43. The highest BCUT2D eigenvalue weighted by Gasteiger charge is 2.07. The van der Waals surface area contributed by atoms with Crippen molar-refractivity contribution in [1.82, 2.24) is 4.98 Å². The lowest BCUT2D eigenvalue weighted by atomic mass is 10.2. The molecule has 112 valence electrons. The van der Waals surface area contributed by atoms with E-state index in [1.54, 1.807) is 18.3 Å². The summed E-state index contributed by atoms with van der Waals surface area (Å²) >= 11 is 0. The van der Waals surface area contributed by atoms with E-state index in [2.05, 4.69) is 4.98 Å². The van der Waals surface area contributed by atoms with Crippen molar-refractivity contribution < 1.29 is 4.74 Å². The number of nitrogen functional groups attached to an aromatic ring is 1. The van der Waals surface area contributed by atoms with Gasteiger partial charge in [-0.05, 0) is 29.8 Å². The minimum Gasteiger partial charge on any atom is -0.472 e. The minimum absolute atomic E-state index is 0. The molecular formula is C15H19ClN4O. The number of rotatable bonds is 5. The summed E-state index contributed by atoms with van der Waals surface area (Å²) in [6, 6.07) is 11.5. The van der Waals surface area contributed by atoms with Crippen LogP contribution in [0.4, 0.5) is 5.69 Å². The molecule has 2 aromatic rings. The fourth-order valence-electron chi connectivity index (χ4n) is 1.75. The van der Waals surface area contributed by atoms with Gasteiger partial charge in [-0.3, -0.25) is 5.41 Å². The van der Waals surface area contributed by atoms with Crippen LogP contribution in [-0.4, -0.2) is 24.9 Å². The van der Waals surface area contributed by atoms with Crippen molar-refractivity contribution in [1.29, 1.82) is 5.41 Å². The van der Waals surface area contributed by atoms with Crippen LogP contribution in [0, 0.1) is 5.41 Å². The van der Waals surface area contributed by atoms with Crippen molar-refractivity contribution in [3.63, 3.8) is 0 Å². The maximum atomic E-state index is 7.49. The second kappa shape index (κ2) is 7.50. The Morgan fingerprint density at radius 3 is 2.48 bits per heavy atom. The van der Waals surface area contributed by atoms with Gasteiger partial charge < -0.3 is 15.4 Å². The van der Waals surface area contributed by atoms with Gasteiger partial charge in [0.1, 0.15) is 12.4 Å². The van der Waals surface area contributed by atoms with Gasteiger partial charge >= 0.3 is 0 Å². The zero-order valence-corrected chi connectivity index (χ0v) is 12.9. The van der Waals surface area contributed by atoms with E-state index in [1.165, 1.54) is 0 Å². The van der Waals surface area contributed by atoms with Crippen LogP contribution in [0.3, 0.4) is 0 Å². The van der Waals surface area contributed by atoms with E-state index >= 15 is 0 Å². The van der Waals surface area contributed by atoms with Crippen molar-refractivity contribution in [3.05, 3.63) is 53.7 Å². The molecular weight excluding hydrogens is 288 g/mol. The summed E-state index contributed by atoms with van der Waals surface area (Å²) in [5.74, 6) is 0.341. The van der Waals surface area contributed by atoms with E-state index in [4.69, 9.17) is 15.9 Å². The van der Waals surface area contributed by atoms with Crippen LogP contribution in [0.2, 0.25) is 0 Å². The van der Waals surface area contributed by atoms with E-state index in [0.29, 0.717) is 18.1 Å². The lowest BCUT2D eigenvalue weighted by molar-refractivity contribution is 0.293. The third kappa shape index (κ3) is 4.36. The summed E-state index contributed by atoms with van der Waals surface area (Å²) < 4.78 is 5.64. The number of nitrogens with one attached hydrogen (secondary N) is 1. The van der Waals surface area contributed by atoms with Crippen molar-refractivity contribution in [2.24, 2.45) is 5.73 Å². The summed E-state index contributed by atoms with van der Waals surface area (Å²) in [4.78, 5) is 6.15. The molecule has 3 N–H and O–H groups in total. The zero-order valence-electron chi connectivity index (χ0n) is 12.0. The molecule has 21 heavy (non-hydrogen) atoms. The molecule has 0 unspecified atom stereocenters. The summed E-state index contributed by atoms with van der Waals surface area (Å²) in [7, 11) is 4.00. The van der Waals surface area contributed by atoms with Crippen LogP contribution in [0.25, 0.3) is 0 Å². The molecule has 0 saturated carbocycles. The second-order valence-corrected chi connectivity index (χ2v) is 4.62. The van der Waals surface area contributed by atoms with Crippen LogP contribution in [0.1, 0.15) is 11.1 Å². The van der Waals surface area contributed by atoms with Crippen LogP contribution in [-0.2, 0) is 6.61 Å². The summed E-state index contributed by atoms with van der Waals surface area (Å²) in [5.41, 5.74) is 8.18. The minimum atomic E-state index is -0.0453. The Kier molecular flexibility index (Phi) is 5.99. The van der Waals surface area contributed by atoms with E-state index in [-0.39, 0.29) is 18.2 Å². The number of benzene rings is 1. The lowest BCUT2D eigenvalue weighted by Crippen LogP contribution is -2.14. The molecule has 0 atom stereocenters. The van der Waals surface area contributed by atoms with E-state index in [0.717, 1.165) is 11.3 Å². The molecule has 6 heteroatoms. The second-order valence-electron chi connectivity index (χ2n) is 4.62. The molecule has 0 radical (unpaired) electrons. The number of hydrogen-bond acceptors (Lipinski definition) is 4. The van der Waals surface area contributed by atoms with E-state index < -0.39 is 0 Å². The van der Waals surface area contributed by atoms with Crippen molar-refractivity contribution >= 4 is 23.9 Å². The number of pyridine rings is 1. The molecule has 0 saturated heterocycles. The van der Waals surface area contributed by atoms with Gasteiger partial charge in [0.15, 0.2) is 0 Å². The standard InChI is InChI=1S/C15H18N4O.ClH/c1-19(2)12-7-5-11(6-8-12)10-20-15-13(14(16)17)4-3-9-18-15;/h3-9H,10H2,1-2H3,(H3,16,17);1H. The third-order valence-corrected chi connectivity index (χ3v) is 2.89. The number of nitrogens with two attached hydrogens (primary N) is 1. The number of hydrogen-bond donors (Lipinski definition) is 2. The van der Waals surface area contributed by atoms with Gasteiger partial charge in [-0.2, -0.15) is 0 Å². The Morgan fingerprint density at radius 2 is 1.90 bits per heavy atom. The van der Waals surface area contributed by atoms with Gasteiger partial charge in [0.2, 0.25) is 5.88 Å². The molecule has 2 rings (SSSR count). The van der Waals surface area contributed by atoms with Crippen molar-refractivity contribution in [3.8, 4) is 5.88 Å². The highest BCUT2D eigenvalue weighted by atomic mass is 35.5. The highest BCUT2D eigenvalue weighted by molar-refractivity contribution is 5.96. The first-order chi connectivity index (χ1) is 9.58. The number of aromatic nitrogens is 1. The topological polar surface area (TPSA) is 75.2 Å². The monoisotopic (exact) mass is 306 g/mol. The number of anilines is 1. The molecule has 1 aromatic carbocycles. The normalized spacial score (nSPS) is 9.62. The predicted molar refractivity (Wildman–Crippen MR) is 87.6 cm³/mol. The molecule has 0 spiro atoms. The lowest BCUT2D eigenvalue weighted by Gasteiger charge is -2.13. The van der Waals surface area contributed by atoms with Gasteiger partial charge in [-0.1, -0.05) is 12.1 Å². The molecule has 0 bridgehead atoms. The SMILES string of the molecule is CN(C)c1ccc(COc2ncccc2C(=N)N)cc1.Cl. The molecule has 0 aliphatic heterocycles. The van der Waals surface area contributed by atoms with Gasteiger partial charge in [0, 0.05) is 26.0 Å². The number of ether oxygens (including phenoxy) is 1. The van der Waals surface area contributed by atoms with Crippen LogP contribution in [0.15, 0.2) is 42.6 Å². The highest BCUT2D eigenvalue weighted by Crippen LogP contribution is 2.17. The van der Waals surface area contributed by atoms with Crippen LogP contribution >= 0.6 is 12.4 Å². The van der Waals surface area contributed by atoms with Crippen molar-refractivity contribution in [2.45, 2.75) is 6.61 Å². The van der Waals surface area contributed by atoms with Gasteiger partial charge in [-0.15, -0.1) is 12.4 Å². The number of nitrogens with zero attached hydrogens (tertiary/aromatic N) is 2. The molecule has 1 heterocycles. The Morgan fingerprint density at radius 1 is 1.24 bits per heavy atom. The first kappa shape index (κ1) is 16.8. The molecule has 0 amide bonds. The third-order valence-electron chi connectivity index (χ3n) is 2.89. The quantitative estimate of drug-likeness (QED) is 0.657. The van der Waals surface area contributed by atoms with E-state index in [9.17, 15) is 0 Å². The zero-order chi connectivity index (χ0) is 14.5. The number of halogens is 1. The maximum absolute atomic E-state index is 7.49. The molecule has 0 fully saturated rings. The van der Waals surface area contributed by atoms with Crippen molar-refractivity contribution in [2.75, 3.05) is 19.0 Å². The summed E-state index contributed by atoms with van der Waals surface area (Å²) in [6.45, 7) is 0.394.